The van der Waals surface area contributed by atoms with Gasteiger partial charge in [0.15, 0.2) is 5.69 Å². The van der Waals surface area contributed by atoms with E-state index in [0.29, 0.717) is 24.8 Å². The quantitative estimate of drug-likeness (QED) is 0.583. The molecule has 3 heterocycles. The van der Waals surface area contributed by atoms with Crippen molar-refractivity contribution in [3.63, 3.8) is 0 Å². The summed E-state index contributed by atoms with van der Waals surface area (Å²) in [7, 11) is 1.87. The van der Waals surface area contributed by atoms with Gasteiger partial charge in [-0.1, -0.05) is 24.3 Å². The molecule has 0 radical (unpaired) electrons. The molecule has 0 unspecified atom stereocenters. The molecule has 162 valence electrons. The molecule has 1 aliphatic rings. The van der Waals surface area contributed by atoms with Crippen molar-refractivity contribution < 1.29 is 9.53 Å². The van der Waals surface area contributed by atoms with Crippen LogP contribution in [0.1, 0.15) is 45.7 Å². The van der Waals surface area contributed by atoms with Crippen LogP contribution in [-0.4, -0.2) is 38.7 Å². The molecule has 1 saturated heterocycles. The summed E-state index contributed by atoms with van der Waals surface area (Å²) in [6.45, 7) is 4.78. The number of ether oxygens (including phenoxy) is 1. The summed E-state index contributed by atoms with van der Waals surface area (Å²) in [6.07, 6.45) is 6.70. The van der Waals surface area contributed by atoms with Crippen LogP contribution in [0.5, 0.6) is 0 Å². The number of aryl methyl sites for hydroxylation is 2. The van der Waals surface area contributed by atoms with E-state index in [2.05, 4.69) is 34.3 Å². The molecule has 3 aromatic rings. The fraction of sp³-hybridized carbons (Fsp3) is 0.400. The minimum Gasteiger partial charge on any atom is -0.372 e. The number of aromatic nitrogens is 3. The van der Waals surface area contributed by atoms with E-state index in [-0.39, 0.29) is 5.91 Å². The van der Waals surface area contributed by atoms with Crippen LogP contribution in [0.4, 0.5) is 0 Å². The number of piperidine rings is 1. The smallest absolute Gasteiger partial charge is 0.274 e. The first-order chi connectivity index (χ1) is 15.1. The molecule has 31 heavy (non-hydrogen) atoms. The first kappa shape index (κ1) is 21.2. The van der Waals surface area contributed by atoms with Crippen LogP contribution in [0.25, 0.3) is 0 Å². The van der Waals surface area contributed by atoms with Crippen molar-refractivity contribution in [2.24, 2.45) is 13.0 Å². The second-order valence-electron chi connectivity index (χ2n) is 8.40. The standard InChI is InChI=1S/C25H30N4O2/c1-19-15-24(27-28(19)2)25(30)29-13-9-21(10-14-29)16-20-3-5-22(6-4-20)17-31-18-23-7-11-26-12-8-23/h3-8,11-12,15,21H,9-10,13-14,16-18H2,1-2H3. The Hall–Kier alpha value is -2.99. The second-order valence-corrected chi connectivity index (χ2v) is 8.40. The van der Waals surface area contributed by atoms with Gasteiger partial charge in [-0.2, -0.15) is 5.10 Å². The molecule has 4 rings (SSSR count). The number of carbonyl (C=O) groups is 1. The largest absolute Gasteiger partial charge is 0.372 e. The van der Waals surface area contributed by atoms with Crippen LogP contribution in [0.3, 0.4) is 0 Å². The van der Waals surface area contributed by atoms with E-state index in [1.165, 1.54) is 11.1 Å². The lowest BCUT2D eigenvalue weighted by Gasteiger charge is -2.31. The highest BCUT2D eigenvalue weighted by atomic mass is 16.5. The third-order valence-corrected chi connectivity index (χ3v) is 6.07. The van der Waals surface area contributed by atoms with Crippen LogP contribution < -0.4 is 0 Å². The van der Waals surface area contributed by atoms with E-state index in [9.17, 15) is 4.79 Å². The molecule has 2 aromatic heterocycles. The number of rotatable bonds is 7. The van der Waals surface area contributed by atoms with Crippen molar-refractivity contribution >= 4 is 5.91 Å². The number of benzene rings is 1. The maximum Gasteiger partial charge on any atom is 0.274 e. The lowest BCUT2D eigenvalue weighted by atomic mass is 9.90. The number of likely N-dealkylation sites (tertiary alicyclic amines) is 1. The molecule has 0 bridgehead atoms. The maximum absolute atomic E-state index is 12.7. The summed E-state index contributed by atoms with van der Waals surface area (Å²) in [5.74, 6) is 0.668. The van der Waals surface area contributed by atoms with Gasteiger partial charge in [-0.25, -0.2) is 0 Å². The van der Waals surface area contributed by atoms with Crippen molar-refractivity contribution in [1.29, 1.82) is 0 Å². The highest BCUT2D eigenvalue weighted by Crippen LogP contribution is 2.23. The van der Waals surface area contributed by atoms with Crippen LogP contribution in [0, 0.1) is 12.8 Å². The van der Waals surface area contributed by atoms with Crippen molar-refractivity contribution in [3.8, 4) is 0 Å². The van der Waals surface area contributed by atoms with Gasteiger partial charge >= 0.3 is 0 Å². The average Bonchev–Trinajstić information content (AvgIpc) is 3.14. The molecular formula is C25H30N4O2. The highest BCUT2D eigenvalue weighted by molar-refractivity contribution is 5.92. The van der Waals surface area contributed by atoms with Gasteiger partial charge < -0.3 is 9.64 Å². The Balaban J connectivity index is 1.22. The second kappa shape index (κ2) is 9.88. The van der Waals surface area contributed by atoms with Gasteiger partial charge in [0.2, 0.25) is 0 Å². The summed E-state index contributed by atoms with van der Waals surface area (Å²) < 4.78 is 7.56. The Labute approximate surface area is 183 Å². The molecule has 0 saturated carbocycles. The minimum atomic E-state index is 0.0540. The first-order valence-corrected chi connectivity index (χ1v) is 10.9. The molecule has 1 aliphatic heterocycles. The summed E-state index contributed by atoms with van der Waals surface area (Å²) in [6, 6.07) is 14.5. The fourth-order valence-electron chi connectivity index (χ4n) is 4.04. The van der Waals surface area contributed by atoms with Crippen LogP contribution >= 0.6 is 0 Å². The summed E-state index contributed by atoms with van der Waals surface area (Å²) in [5.41, 5.74) is 5.23. The predicted molar refractivity (Wildman–Crippen MR) is 119 cm³/mol. The first-order valence-electron chi connectivity index (χ1n) is 10.9. The molecule has 1 aromatic carbocycles. The van der Waals surface area contributed by atoms with Gasteiger partial charge in [-0.05, 0) is 67.0 Å². The van der Waals surface area contributed by atoms with Gasteiger partial charge in [-0.15, -0.1) is 0 Å². The maximum atomic E-state index is 12.7. The Kier molecular flexibility index (Phi) is 6.77. The number of carbonyl (C=O) groups excluding carboxylic acids is 1. The zero-order valence-corrected chi connectivity index (χ0v) is 18.3. The summed E-state index contributed by atoms with van der Waals surface area (Å²) in [5, 5.41) is 4.33. The monoisotopic (exact) mass is 418 g/mol. The van der Waals surface area contributed by atoms with Crippen LogP contribution in [0.15, 0.2) is 54.9 Å². The van der Waals surface area contributed by atoms with Gasteiger partial charge in [0.1, 0.15) is 0 Å². The van der Waals surface area contributed by atoms with Crippen LogP contribution in [0.2, 0.25) is 0 Å². The molecule has 0 spiro atoms. The van der Waals surface area contributed by atoms with Gasteiger partial charge in [0.05, 0.1) is 13.2 Å². The van der Waals surface area contributed by atoms with Crippen molar-refractivity contribution in [2.75, 3.05) is 13.1 Å². The van der Waals surface area contributed by atoms with Crippen LogP contribution in [-0.2, 0) is 31.4 Å². The molecule has 1 fully saturated rings. The number of hydrogen-bond donors (Lipinski definition) is 0. The van der Waals surface area contributed by atoms with E-state index in [0.717, 1.165) is 43.6 Å². The van der Waals surface area contributed by atoms with E-state index in [1.807, 2.05) is 37.1 Å². The van der Waals surface area contributed by atoms with Gasteiger partial charge in [-0.3, -0.25) is 14.5 Å². The SMILES string of the molecule is Cc1cc(C(=O)N2CCC(Cc3ccc(COCc4ccncc4)cc3)CC2)nn1C. The fourth-order valence-corrected chi connectivity index (χ4v) is 4.04. The molecule has 0 atom stereocenters. The lowest BCUT2D eigenvalue weighted by molar-refractivity contribution is 0.0684. The molecule has 0 aliphatic carbocycles. The zero-order valence-electron chi connectivity index (χ0n) is 18.3. The summed E-state index contributed by atoms with van der Waals surface area (Å²) >= 11 is 0. The Morgan fingerprint density at radius 2 is 1.61 bits per heavy atom. The van der Waals surface area contributed by atoms with E-state index in [4.69, 9.17) is 4.74 Å². The van der Waals surface area contributed by atoms with Crippen molar-refractivity contribution in [2.45, 2.75) is 39.4 Å². The third-order valence-electron chi connectivity index (χ3n) is 6.07. The van der Waals surface area contributed by atoms with Gasteiger partial charge in [0, 0.05) is 38.2 Å². The van der Waals surface area contributed by atoms with E-state index >= 15 is 0 Å². The summed E-state index contributed by atoms with van der Waals surface area (Å²) in [4.78, 5) is 18.6. The predicted octanol–water partition coefficient (Wildman–Crippen LogP) is 3.94. The topological polar surface area (TPSA) is 60.3 Å². The highest BCUT2D eigenvalue weighted by Gasteiger charge is 2.25. The third kappa shape index (κ3) is 5.58. The Morgan fingerprint density at radius 3 is 2.23 bits per heavy atom. The average molecular weight is 419 g/mol. The van der Waals surface area contributed by atoms with E-state index < -0.39 is 0 Å². The number of hydrogen-bond acceptors (Lipinski definition) is 4. The normalized spacial score (nSPS) is 14.7. The molecular weight excluding hydrogens is 388 g/mol. The van der Waals surface area contributed by atoms with E-state index in [1.54, 1.807) is 17.1 Å². The number of pyridine rings is 1. The Bertz CT molecular complexity index is 971. The molecule has 6 heteroatoms. The number of nitrogens with zero attached hydrogens (tertiary/aromatic N) is 4. The Morgan fingerprint density at radius 1 is 1.00 bits per heavy atom. The minimum absolute atomic E-state index is 0.0540. The van der Waals surface area contributed by atoms with Gasteiger partial charge in [0.25, 0.3) is 5.91 Å². The zero-order chi connectivity index (χ0) is 21.6. The lowest BCUT2D eigenvalue weighted by Crippen LogP contribution is -2.39. The molecule has 6 nitrogen and oxygen atoms in total. The molecule has 1 amide bonds. The van der Waals surface area contributed by atoms with Crippen molar-refractivity contribution in [3.05, 3.63) is 82.9 Å². The van der Waals surface area contributed by atoms with Crippen molar-refractivity contribution in [1.82, 2.24) is 19.7 Å². The molecule has 0 N–H and O–H groups in total. The number of amides is 1.